The fraction of sp³-hybridized carbons (Fsp3) is 0.312. The quantitative estimate of drug-likeness (QED) is 0.864. The van der Waals surface area contributed by atoms with Crippen molar-refractivity contribution in [1.29, 1.82) is 0 Å². The highest BCUT2D eigenvalue weighted by Crippen LogP contribution is 2.33. The second-order valence-electron chi connectivity index (χ2n) is 4.63. The first kappa shape index (κ1) is 16.3. The minimum atomic E-state index is -4.44. The van der Waals surface area contributed by atoms with E-state index in [0.29, 0.717) is 6.61 Å². The number of aromatic nitrogens is 1. The largest absolute Gasteiger partial charge is 0.419 e. The smallest absolute Gasteiger partial charge is 0.372 e. The minimum Gasteiger partial charge on any atom is -0.372 e. The van der Waals surface area contributed by atoms with Crippen LogP contribution in [-0.2, 0) is 10.9 Å². The van der Waals surface area contributed by atoms with Crippen molar-refractivity contribution in [2.45, 2.75) is 19.2 Å². The second-order valence-corrected chi connectivity index (χ2v) is 4.63. The van der Waals surface area contributed by atoms with Crippen molar-refractivity contribution < 1.29 is 17.9 Å². The molecule has 1 heterocycles. The van der Waals surface area contributed by atoms with Gasteiger partial charge in [0, 0.05) is 19.3 Å². The van der Waals surface area contributed by atoms with Crippen LogP contribution in [0.1, 0.15) is 24.2 Å². The maximum absolute atomic E-state index is 12.9. The van der Waals surface area contributed by atoms with Gasteiger partial charge in [0.25, 0.3) is 0 Å². The standard InChI is InChI=1S/C16H17F3N2O/c1-2-22-14(12-7-4-3-5-8-12)11-21-15-13(16(17,18)19)9-6-10-20-15/h3-10,14H,2,11H2,1H3,(H,20,21). The monoisotopic (exact) mass is 310 g/mol. The van der Waals surface area contributed by atoms with Gasteiger partial charge in [0.2, 0.25) is 0 Å². The van der Waals surface area contributed by atoms with Crippen LogP contribution in [0.5, 0.6) is 0 Å². The van der Waals surface area contributed by atoms with E-state index in [1.54, 1.807) is 0 Å². The Morgan fingerprint density at radius 1 is 1.14 bits per heavy atom. The number of hydrogen-bond acceptors (Lipinski definition) is 3. The Morgan fingerprint density at radius 3 is 2.50 bits per heavy atom. The molecule has 3 nitrogen and oxygen atoms in total. The van der Waals surface area contributed by atoms with Crippen molar-refractivity contribution in [3.05, 3.63) is 59.8 Å². The third-order valence-corrected chi connectivity index (χ3v) is 3.11. The number of alkyl halides is 3. The van der Waals surface area contributed by atoms with E-state index in [2.05, 4.69) is 10.3 Å². The van der Waals surface area contributed by atoms with Gasteiger partial charge in [-0.15, -0.1) is 0 Å². The van der Waals surface area contributed by atoms with Crippen LogP contribution in [0, 0.1) is 0 Å². The van der Waals surface area contributed by atoms with Crippen LogP contribution in [0.15, 0.2) is 48.7 Å². The van der Waals surface area contributed by atoms with Crippen molar-refractivity contribution >= 4 is 5.82 Å². The molecule has 0 aliphatic carbocycles. The molecule has 0 radical (unpaired) electrons. The molecule has 0 amide bonds. The fourth-order valence-electron chi connectivity index (χ4n) is 2.11. The van der Waals surface area contributed by atoms with E-state index in [9.17, 15) is 13.2 Å². The van der Waals surface area contributed by atoms with Gasteiger partial charge in [-0.1, -0.05) is 30.3 Å². The zero-order chi connectivity index (χ0) is 16.0. The van der Waals surface area contributed by atoms with E-state index in [1.165, 1.54) is 12.3 Å². The average molecular weight is 310 g/mol. The summed E-state index contributed by atoms with van der Waals surface area (Å²) in [7, 11) is 0. The van der Waals surface area contributed by atoms with Gasteiger partial charge in [-0.2, -0.15) is 13.2 Å². The first-order chi connectivity index (χ1) is 10.5. The molecule has 1 aromatic carbocycles. The molecule has 118 valence electrons. The number of rotatable bonds is 6. The first-order valence-electron chi connectivity index (χ1n) is 6.95. The van der Waals surface area contributed by atoms with Gasteiger partial charge in [0.1, 0.15) is 5.82 Å². The number of pyridine rings is 1. The number of ether oxygens (including phenoxy) is 1. The summed E-state index contributed by atoms with van der Waals surface area (Å²) in [6, 6.07) is 11.6. The van der Waals surface area contributed by atoms with E-state index < -0.39 is 11.7 Å². The molecule has 1 atom stereocenters. The minimum absolute atomic E-state index is 0.185. The average Bonchev–Trinajstić information content (AvgIpc) is 2.51. The first-order valence-corrected chi connectivity index (χ1v) is 6.95. The summed E-state index contributed by atoms with van der Waals surface area (Å²) in [4.78, 5) is 3.78. The lowest BCUT2D eigenvalue weighted by Gasteiger charge is -2.20. The number of anilines is 1. The number of nitrogens with one attached hydrogen (secondary N) is 1. The zero-order valence-electron chi connectivity index (χ0n) is 12.1. The maximum atomic E-state index is 12.9. The Hall–Kier alpha value is -2.08. The van der Waals surface area contributed by atoms with Gasteiger partial charge in [-0.3, -0.25) is 0 Å². The molecule has 2 aromatic rings. The van der Waals surface area contributed by atoms with Crippen LogP contribution in [0.25, 0.3) is 0 Å². The zero-order valence-corrected chi connectivity index (χ0v) is 12.1. The number of benzene rings is 1. The number of hydrogen-bond donors (Lipinski definition) is 1. The lowest BCUT2D eigenvalue weighted by molar-refractivity contribution is -0.137. The van der Waals surface area contributed by atoms with Crippen LogP contribution >= 0.6 is 0 Å². The van der Waals surface area contributed by atoms with Crippen molar-refractivity contribution in [2.24, 2.45) is 0 Å². The Bertz CT molecular complexity index is 587. The Labute approximate surface area is 127 Å². The molecule has 0 fully saturated rings. The van der Waals surface area contributed by atoms with E-state index in [4.69, 9.17) is 4.74 Å². The van der Waals surface area contributed by atoms with Crippen LogP contribution in [0.4, 0.5) is 19.0 Å². The Balaban J connectivity index is 2.14. The molecular weight excluding hydrogens is 293 g/mol. The summed E-state index contributed by atoms with van der Waals surface area (Å²) in [5.74, 6) is -0.185. The number of nitrogens with zero attached hydrogens (tertiary/aromatic N) is 1. The highest BCUT2D eigenvalue weighted by molar-refractivity contribution is 5.45. The number of halogens is 3. The predicted molar refractivity (Wildman–Crippen MR) is 78.5 cm³/mol. The molecule has 0 bridgehead atoms. The molecule has 1 unspecified atom stereocenters. The molecule has 2 rings (SSSR count). The second kappa shape index (κ2) is 7.26. The highest BCUT2D eigenvalue weighted by atomic mass is 19.4. The molecule has 1 N–H and O–H groups in total. The van der Waals surface area contributed by atoms with Crippen LogP contribution in [-0.4, -0.2) is 18.1 Å². The molecule has 1 aromatic heterocycles. The van der Waals surface area contributed by atoms with Gasteiger partial charge >= 0.3 is 6.18 Å². The van der Waals surface area contributed by atoms with E-state index in [-0.39, 0.29) is 18.5 Å². The van der Waals surface area contributed by atoms with Gasteiger partial charge in [0.05, 0.1) is 11.7 Å². The topological polar surface area (TPSA) is 34.1 Å². The molecule has 0 saturated heterocycles. The van der Waals surface area contributed by atoms with Gasteiger partial charge < -0.3 is 10.1 Å². The van der Waals surface area contributed by atoms with Crippen LogP contribution in [0.3, 0.4) is 0 Å². The summed E-state index contributed by atoms with van der Waals surface area (Å²) in [5, 5.41) is 2.75. The van der Waals surface area contributed by atoms with Crippen molar-refractivity contribution in [2.75, 3.05) is 18.5 Å². The Kier molecular flexibility index (Phi) is 5.38. The van der Waals surface area contributed by atoms with Crippen molar-refractivity contribution in [3.8, 4) is 0 Å². The lowest BCUT2D eigenvalue weighted by Crippen LogP contribution is -2.19. The van der Waals surface area contributed by atoms with E-state index in [0.717, 1.165) is 11.6 Å². The van der Waals surface area contributed by atoms with Gasteiger partial charge in [0.15, 0.2) is 0 Å². The third-order valence-electron chi connectivity index (χ3n) is 3.11. The molecule has 0 spiro atoms. The predicted octanol–water partition coefficient (Wildman–Crippen LogP) is 4.29. The molecule has 0 aliphatic heterocycles. The summed E-state index contributed by atoms with van der Waals surface area (Å²) in [5.41, 5.74) is 0.125. The van der Waals surface area contributed by atoms with Crippen molar-refractivity contribution in [3.63, 3.8) is 0 Å². The SMILES string of the molecule is CCOC(CNc1ncccc1C(F)(F)F)c1ccccc1. The summed E-state index contributed by atoms with van der Waals surface area (Å²) >= 11 is 0. The maximum Gasteiger partial charge on any atom is 0.419 e. The van der Waals surface area contributed by atoms with E-state index in [1.807, 2.05) is 37.3 Å². The normalized spacial score (nSPS) is 12.9. The molecule has 0 saturated carbocycles. The summed E-state index contributed by atoms with van der Waals surface area (Å²) in [6.07, 6.45) is -3.45. The molecular formula is C16H17F3N2O. The van der Waals surface area contributed by atoms with E-state index >= 15 is 0 Å². The van der Waals surface area contributed by atoms with Crippen LogP contribution in [0.2, 0.25) is 0 Å². The molecule has 22 heavy (non-hydrogen) atoms. The highest BCUT2D eigenvalue weighted by Gasteiger charge is 2.34. The third kappa shape index (κ3) is 4.21. The van der Waals surface area contributed by atoms with Crippen LogP contribution < -0.4 is 5.32 Å². The summed E-state index contributed by atoms with van der Waals surface area (Å²) < 4.78 is 44.4. The molecule has 6 heteroatoms. The summed E-state index contributed by atoms with van der Waals surface area (Å²) in [6.45, 7) is 2.52. The fourth-order valence-corrected chi connectivity index (χ4v) is 2.11. The Morgan fingerprint density at radius 2 is 1.86 bits per heavy atom. The lowest BCUT2D eigenvalue weighted by atomic mass is 10.1. The van der Waals surface area contributed by atoms with Crippen molar-refractivity contribution in [1.82, 2.24) is 4.98 Å². The van der Waals surface area contributed by atoms with Gasteiger partial charge in [-0.05, 0) is 24.6 Å². The van der Waals surface area contributed by atoms with Gasteiger partial charge in [-0.25, -0.2) is 4.98 Å². The molecule has 0 aliphatic rings.